The standard InChI is InChI=1S/C25H25NO3/c1-4-22(29-23-15-14-17(2)16-18(23)3)25(28)26-21-13-9-8-12-20(21)24(27)19-10-6-5-7-11-19/h5-16,22H,4H2,1-3H3,(H,26,28)/t22-/m0/s1. The van der Waals surface area contributed by atoms with Crippen molar-refractivity contribution >= 4 is 17.4 Å². The van der Waals surface area contributed by atoms with E-state index in [0.29, 0.717) is 29.0 Å². The van der Waals surface area contributed by atoms with Crippen molar-refractivity contribution in [1.29, 1.82) is 0 Å². The average Bonchev–Trinajstić information content (AvgIpc) is 2.73. The Kier molecular flexibility index (Phi) is 6.45. The number of amides is 1. The molecule has 0 bridgehead atoms. The van der Waals surface area contributed by atoms with Gasteiger partial charge in [0.15, 0.2) is 11.9 Å². The Bertz CT molecular complexity index is 1010. The van der Waals surface area contributed by atoms with E-state index in [0.717, 1.165) is 11.1 Å². The third kappa shape index (κ3) is 4.91. The van der Waals surface area contributed by atoms with Crippen LogP contribution in [0.2, 0.25) is 0 Å². The smallest absolute Gasteiger partial charge is 0.265 e. The summed E-state index contributed by atoms with van der Waals surface area (Å²) in [5, 5.41) is 2.88. The molecule has 3 rings (SSSR count). The van der Waals surface area contributed by atoms with E-state index in [9.17, 15) is 9.59 Å². The van der Waals surface area contributed by atoms with E-state index in [-0.39, 0.29) is 11.7 Å². The second-order valence-electron chi connectivity index (χ2n) is 7.01. The molecule has 0 fully saturated rings. The van der Waals surface area contributed by atoms with E-state index >= 15 is 0 Å². The van der Waals surface area contributed by atoms with Gasteiger partial charge in [-0.3, -0.25) is 9.59 Å². The highest BCUT2D eigenvalue weighted by molar-refractivity contribution is 6.14. The Hall–Kier alpha value is -3.40. The second-order valence-corrected chi connectivity index (χ2v) is 7.01. The number of aryl methyl sites for hydroxylation is 2. The lowest BCUT2D eigenvalue weighted by molar-refractivity contribution is -0.122. The van der Waals surface area contributed by atoms with Gasteiger partial charge in [0.1, 0.15) is 5.75 Å². The third-order valence-electron chi connectivity index (χ3n) is 4.73. The average molecular weight is 387 g/mol. The van der Waals surface area contributed by atoms with Crippen molar-refractivity contribution < 1.29 is 14.3 Å². The van der Waals surface area contributed by atoms with Gasteiger partial charge in [0.25, 0.3) is 5.91 Å². The Morgan fingerprint density at radius 3 is 2.31 bits per heavy atom. The quantitative estimate of drug-likeness (QED) is 0.558. The van der Waals surface area contributed by atoms with Crippen molar-refractivity contribution in [2.45, 2.75) is 33.3 Å². The Balaban J connectivity index is 1.80. The van der Waals surface area contributed by atoms with Crippen molar-refractivity contribution in [3.8, 4) is 5.75 Å². The van der Waals surface area contributed by atoms with Gasteiger partial charge in [0.2, 0.25) is 0 Å². The largest absolute Gasteiger partial charge is 0.480 e. The molecule has 0 aliphatic rings. The Morgan fingerprint density at radius 1 is 0.931 bits per heavy atom. The minimum absolute atomic E-state index is 0.134. The normalized spacial score (nSPS) is 11.6. The second kappa shape index (κ2) is 9.20. The molecule has 4 nitrogen and oxygen atoms in total. The van der Waals surface area contributed by atoms with Crippen molar-refractivity contribution in [2.75, 3.05) is 5.32 Å². The van der Waals surface area contributed by atoms with E-state index in [1.54, 1.807) is 36.4 Å². The highest BCUT2D eigenvalue weighted by Crippen LogP contribution is 2.23. The van der Waals surface area contributed by atoms with Crippen LogP contribution in [0.4, 0.5) is 5.69 Å². The van der Waals surface area contributed by atoms with Crippen LogP contribution in [-0.4, -0.2) is 17.8 Å². The van der Waals surface area contributed by atoms with Gasteiger partial charge in [-0.25, -0.2) is 0 Å². The van der Waals surface area contributed by atoms with Gasteiger partial charge in [-0.2, -0.15) is 0 Å². The Morgan fingerprint density at radius 2 is 1.62 bits per heavy atom. The lowest BCUT2D eigenvalue weighted by atomic mass is 10.0. The number of benzene rings is 3. The lowest BCUT2D eigenvalue weighted by Crippen LogP contribution is -2.33. The molecule has 4 heteroatoms. The van der Waals surface area contributed by atoms with Gasteiger partial charge in [-0.1, -0.05) is 67.1 Å². The fourth-order valence-corrected chi connectivity index (χ4v) is 3.16. The predicted molar refractivity (Wildman–Crippen MR) is 116 cm³/mol. The van der Waals surface area contributed by atoms with Gasteiger partial charge in [-0.15, -0.1) is 0 Å². The molecule has 0 aliphatic heterocycles. The van der Waals surface area contributed by atoms with Crippen LogP contribution < -0.4 is 10.1 Å². The zero-order valence-electron chi connectivity index (χ0n) is 16.9. The maximum Gasteiger partial charge on any atom is 0.265 e. The van der Waals surface area contributed by atoms with Crippen LogP contribution in [0.1, 0.15) is 40.4 Å². The maximum atomic E-state index is 12.9. The summed E-state index contributed by atoms with van der Waals surface area (Å²) in [4.78, 5) is 25.8. The molecule has 0 saturated carbocycles. The number of hydrogen-bond acceptors (Lipinski definition) is 3. The number of carbonyl (C=O) groups excluding carboxylic acids is 2. The molecule has 0 unspecified atom stereocenters. The molecule has 0 aromatic heterocycles. The van der Waals surface area contributed by atoms with Crippen LogP contribution in [0, 0.1) is 13.8 Å². The summed E-state index contributed by atoms with van der Waals surface area (Å²) in [5.41, 5.74) is 3.63. The van der Waals surface area contributed by atoms with Crippen LogP contribution in [0.3, 0.4) is 0 Å². The first-order valence-electron chi connectivity index (χ1n) is 9.73. The molecular weight excluding hydrogens is 362 g/mol. The summed E-state index contributed by atoms with van der Waals surface area (Å²) in [5.74, 6) is 0.275. The number of para-hydroxylation sites is 1. The molecule has 3 aromatic carbocycles. The zero-order chi connectivity index (χ0) is 20.8. The van der Waals surface area contributed by atoms with E-state index in [2.05, 4.69) is 5.32 Å². The van der Waals surface area contributed by atoms with E-state index in [1.165, 1.54) is 0 Å². The molecule has 0 saturated heterocycles. The topological polar surface area (TPSA) is 55.4 Å². The van der Waals surface area contributed by atoms with Crippen LogP contribution in [0.25, 0.3) is 0 Å². The van der Waals surface area contributed by atoms with Gasteiger partial charge in [0.05, 0.1) is 5.69 Å². The first-order chi connectivity index (χ1) is 14.0. The molecule has 29 heavy (non-hydrogen) atoms. The van der Waals surface area contributed by atoms with Crippen LogP contribution in [-0.2, 0) is 4.79 Å². The molecule has 3 aromatic rings. The summed E-state index contributed by atoms with van der Waals surface area (Å²) >= 11 is 0. The molecule has 1 N–H and O–H groups in total. The number of ketones is 1. The number of rotatable bonds is 7. The number of anilines is 1. The van der Waals surface area contributed by atoms with E-state index in [1.807, 2.05) is 57.2 Å². The maximum absolute atomic E-state index is 12.9. The van der Waals surface area contributed by atoms with Gasteiger partial charge in [-0.05, 0) is 44.0 Å². The number of hydrogen-bond donors (Lipinski definition) is 1. The molecule has 148 valence electrons. The molecule has 0 radical (unpaired) electrons. The van der Waals surface area contributed by atoms with Gasteiger partial charge in [0, 0.05) is 11.1 Å². The fraction of sp³-hybridized carbons (Fsp3) is 0.200. The number of ether oxygens (including phenoxy) is 1. The summed E-state index contributed by atoms with van der Waals surface area (Å²) in [6.45, 7) is 5.87. The Labute approximate surface area is 171 Å². The van der Waals surface area contributed by atoms with Crippen LogP contribution in [0.15, 0.2) is 72.8 Å². The van der Waals surface area contributed by atoms with E-state index < -0.39 is 6.10 Å². The molecular formula is C25H25NO3. The molecule has 0 spiro atoms. The first kappa shape index (κ1) is 20.3. The van der Waals surface area contributed by atoms with Crippen molar-refractivity contribution in [2.24, 2.45) is 0 Å². The highest BCUT2D eigenvalue weighted by atomic mass is 16.5. The van der Waals surface area contributed by atoms with Crippen LogP contribution in [0.5, 0.6) is 5.75 Å². The highest BCUT2D eigenvalue weighted by Gasteiger charge is 2.22. The molecule has 0 aliphatic carbocycles. The summed E-state index contributed by atoms with van der Waals surface area (Å²) in [6, 6.07) is 21.9. The van der Waals surface area contributed by atoms with Gasteiger partial charge < -0.3 is 10.1 Å². The summed E-state index contributed by atoms with van der Waals surface area (Å²) < 4.78 is 5.97. The van der Waals surface area contributed by atoms with Crippen LogP contribution >= 0.6 is 0 Å². The molecule has 1 atom stereocenters. The van der Waals surface area contributed by atoms with Crippen molar-refractivity contribution in [3.05, 3.63) is 95.1 Å². The monoisotopic (exact) mass is 387 g/mol. The summed E-state index contributed by atoms with van der Waals surface area (Å²) in [6.07, 6.45) is -0.148. The van der Waals surface area contributed by atoms with Crippen molar-refractivity contribution in [1.82, 2.24) is 0 Å². The SMILES string of the molecule is CC[C@H](Oc1ccc(C)cc1C)C(=O)Nc1ccccc1C(=O)c1ccccc1. The number of carbonyl (C=O) groups is 2. The lowest BCUT2D eigenvalue weighted by Gasteiger charge is -2.19. The fourth-order valence-electron chi connectivity index (χ4n) is 3.16. The van der Waals surface area contributed by atoms with E-state index in [4.69, 9.17) is 4.74 Å². The van der Waals surface area contributed by atoms with Gasteiger partial charge >= 0.3 is 0 Å². The summed E-state index contributed by atoms with van der Waals surface area (Å²) in [7, 11) is 0. The third-order valence-corrected chi connectivity index (χ3v) is 4.73. The first-order valence-corrected chi connectivity index (χ1v) is 9.73. The zero-order valence-corrected chi connectivity index (χ0v) is 16.9. The van der Waals surface area contributed by atoms with Crippen molar-refractivity contribution in [3.63, 3.8) is 0 Å². The predicted octanol–water partition coefficient (Wildman–Crippen LogP) is 5.33. The number of nitrogens with one attached hydrogen (secondary N) is 1. The minimum atomic E-state index is -0.656. The minimum Gasteiger partial charge on any atom is -0.480 e. The molecule has 0 heterocycles. The molecule has 1 amide bonds.